The first kappa shape index (κ1) is 26.8. The van der Waals surface area contributed by atoms with E-state index < -0.39 is 29.5 Å². The zero-order valence-corrected chi connectivity index (χ0v) is 21.8. The number of aliphatic hydroxyl groups excluding tert-OH is 1. The van der Waals surface area contributed by atoms with Crippen LogP contribution in [0.2, 0.25) is 5.02 Å². The van der Waals surface area contributed by atoms with Crippen molar-refractivity contribution in [1.29, 1.82) is 0 Å². The van der Waals surface area contributed by atoms with Gasteiger partial charge in [0.25, 0.3) is 11.7 Å². The topological polar surface area (TPSA) is 102 Å². The molecular formula is C29H26ClNO7. The number of hydrogen-bond donors (Lipinski definition) is 1. The van der Waals surface area contributed by atoms with Crippen molar-refractivity contribution in [2.75, 3.05) is 25.7 Å². The summed E-state index contributed by atoms with van der Waals surface area (Å²) in [6.45, 7) is 2.21. The van der Waals surface area contributed by atoms with Gasteiger partial charge in [-0.2, -0.15) is 0 Å². The number of esters is 1. The molecule has 9 heteroatoms. The van der Waals surface area contributed by atoms with Gasteiger partial charge in [0.05, 0.1) is 43.9 Å². The van der Waals surface area contributed by atoms with Crippen LogP contribution in [0, 0.1) is 0 Å². The molecule has 1 aliphatic heterocycles. The highest BCUT2D eigenvalue weighted by molar-refractivity contribution is 6.52. The van der Waals surface area contributed by atoms with Crippen LogP contribution in [0.1, 0.15) is 29.7 Å². The monoisotopic (exact) mass is 535 g/mol. The van der Waals surface area contributed by atoms with Crippen molar-refractivity contribution in [3.05, 3.63) is 94.0 Å². The number of nitrogens with zero attached hydrogens (tertiary/aromatic N) is 1. The second-order valence-electron chi connectivity index (χ2n) is 8.44. The fraction of sp³-hybridized carbons (Fsp3) is 0.207. The maximum absolute atomic E-state index is 13.4. The minimum atomic E-state index is -0.959. The number of methoxy groups -OCH3 is 2. The number of Topliss-reactive ketones (excluding diaryl/α,β-unsaturated/α-hetero) is 1. The number of hydrogen-bond acceptors (Lipinski definition) is 7. The summed E-state index contributed by atoms with van der Waals surface area (Å²) in [5, 5.41) is 11.6. The van der Waals surface area contributed by atoms with Gasteiger partial charge in [-0.15, -0.1) is 0 Å². The molecule has 1 unspecified atom stereocenters. The number of carbonyl (C=O) groups is 3. The van der Waals surface area contributed by atoms with E-state index in [1.54, 1.807) is 60.7 Å². The highest BCUT2D eigenvalue weighted by Gasteiger charge is 2.47. The molecule has 0 spiro atoms. The molecule has 1 fully saturated rings. The highest BCUT2D eigenvalue weighted by atomic mass is 35.5. The fourth-order valence-electron chi connectivity index (χ4n) is 4.30. The zero-order chi connectivity index (χ0) is 27.4. The molecule has 196 valence electrons. The van der Waals surface area contributed by atoms with Gasteiger partial charge in [-0.25, -0.2) is 0 Å². The minimum Gasteiger partial charge on any atom is -0.507 e. The van der Waals surface area contributed by atoms with Crippen molar-refractivity contribution >= 4 is 40.7 Å². The Balaban J connectivity index is 1.87. The molecular weight excluding hydrogens is 510 g/mol. The quantitative estimate of drug-likeness (QED) is 0.185. The number of anilines is 1. The standard InChI is InChI=1S/C29H26ClNO7/c1-4-38-21-13-14-23(30)22(16-21)27(33)25-26(18-7-11-20(36-2)12-8-18)31(29(35)28(25)34)19-9-5-17(6-10-19)15-24(32)37-3/h5-14,16,26,33H,4,15H2,1-3H3/b27-25+. The summed E-state index contributed by atoms with van der Waals surface area (Å²) in [6.07, 6.45) is 0.0617. The number of ether oxygens (including phenoxy) is 3. The Hall–Kier alpha value is -4.30. The van der Waals surface area contributed by atoms with E-state index in [1.165, 1.54) is 25.2 Å². The molecule has 8 nitrogen and oxygen atoms in total. The lowest BCUT2D eigenvalue weighted by molar-refractivity contribution is -0.139. The van der Waals surface area contributed by atoms with Crippen LogP contribution in [0.3, 0.4) is 0 Å². The van der Waals surface area contributed by atoms with Crippen molar-refractivity contribution in [3.63, 3.8) is 0 Å². The van der Waals surface area contributed by atoms with Crippen molar-refractivity contribution in [1.82, 2.24) is 0 Å². The van der Waals surface area contributed by atoms with E-state index >= 15 is 0 Å². The Bertz CT molecular complexity index is 1400. The summed E-state index contributed by atoms with van der Waals surface area (Å²) < 4.78 is 15.5. The van der Waals surface area contributed by atoms with E-state index in [4.69, 9.17) is 25.8 Å². The molecule has 1 N–H and O–H groups in total. The lowest BCUT2D eigenvalue weighted by Crippen LogP contribution is -2.29. The largest absolute Gasteiger partial charge is 0.507 e. The first-order chi connectivity index (χ1) is 18.3. The van der Waals surface area contributed by atoms with E-state index in [0.29, 0.717) is 34.9 Å². The maximum atomic E-state index is 13.4. The lowest BCUT2D eigenvalue weighted by atomic mass is 9.95. The fourth-order valence-corrected chi connectivity index (χ4v) is 4.51. The average molecular weight is 536 g/mol. The van der Waals surface area contributed by atoms with Crippen LogP contribution in [-0.4, -0.2) is 43.6 Å². The van der Waals surface area contributed by atoms with Crippen LogP contribution in [0.15, 0.2) is 72.3 Å². The molecule has 0 saturated carbocycles. The summed E-state index contributed by atoms with van der Waals surface area (Å²) in [5.74, 6) is -1.45. The molecule has 0 bridgehead atoms. The van der Waals surface area contributed by atoms with Gasteiger partial charge in [0.1, 0.15) is 17.3 Å². The molecule has 38 heavy (non-hydrogen) atoms. The first-order valence-corrected chi connectivity index (χ1v) is 12.2. The Morgan fingerprint density at radius 1 is 0.974 bits per heavy atom. The van der Waals surface area contributed by atoms with Crippen LogP contribution in [0.25, 0.3) is 5.76 Å². The number of carbonyl (C=O) groups excluding carboxylic acids is 3. The van der Waals surface area contributed by atoms with Crippen molar-refractivity contribution < 1.29 is 33.7 Å². The van der Waals surface area contributed by atoms with Crippen LogP contribution in [-0.2, 0) is 25.5 Å². The average Bonchev–Trinajstić information content (AvgIpc) is 3.20. The third kappa shape index (κ3) is 5.21. The van der Waals surface area contributed by atoms with Gasteiger partial charge in [-0.3, -0.25) is 19.3 Å². The predicted octanol–water partition coefficient (Wildman–Crippen LogP) is 5.09. The molecule has 0 aromatic heterocycles. The molecule has 4 rings (SSSR count). The third-order valence-electron chi connectivity index (χ3n) is 6.17. The van der Waals surface area contributed by atoms with Crippen molar-refractivity contribution in [3.8, 4) is 11.5 Å². The van der Waals surface area contributed by atoms with Crippen LogP contribution >= 0.6 is 11.6 Å². The Labute approximate surface area is 225 Å². The van der Waals surface area contributed by atoms with Gasteiger partial charge in [0.15, 0.2) is 0 Å². The summed E-state index contributed by atoms with van der Waals surface area (Å²) in [7, 11) is 2.84. The van der Waals surface area contributed by atoms with Gasteiger partial charge in [-0.1, -0.05) is 35.9 Å². The summed E-state index contributed by atoms with van der Waals surface area (Å²) in [5.41, 5.74) is 1.71. The van der Waals surface area contributed by atoms with Crippen molar-refractivity contribution in [2.24, 2.45) is 0 Å². The van der Waals surface area contributed by atoms with Crippen LogP contribution in [0.4, 0.5) is 5.69 Å². The Morgan fingerprint density at radius 3 is 2.24 bits per heavy atom. The maximum Gasteiger partial charge on any atom is 0.309 e. The van der Waals surface area contributed by atoms with Crippen LogP contribution < -0.4 is 14.4 Å². The Kier molecular flexibility index (Phi) is 8.02. The number of amides is 1. The molecule has 0 radical (unpaired) electrons. The lowest BCUT2D eigenvalue weighted by Gasteiger charge is -2.26. The van der Waals surface area contributed by atoms with Gasteiger partial charge in [0.2, 0.25) is 0 Å². The smallest absolute Gasteiger partial charge is 0.309 e. The number of rotatable bonds is 8. The van der Waals surface area contributed by atoms with E-state index in [1.807, 2.05) is 6.92 Å². The predicted molar refractivity (Wildman–Crippen MR) is 143 cm³/mol. The molecule has 0 aliphatic carbocycles. The molecule has 1 aliphatic rings. The van der Waals surface area contributed by atoms with Gasteiger partial charge >= 0.3 is 5.97 Å². The second-order valence-corrected chi connectivity index (χ2v) is 8.84. The number of aliphatic hydroxyl groups is 1. The van der Waals surface area contributed by atoms with Crippen LogP contribution in [0.5, 0.6) is 11.5 Å². The normalized spacial score (nSPS) is 16.4. The third-order valence-corrected chi connectivity index (χ3v) is 6.50. The molecule has 3 aromatic carbocycles. The summed E-state index contributed by atoms with van der Waals surface area (Å²) in [4.78, 5) is 39.8. The molecule has 1 atom stereocenters. The summed E-state index contributed by atoms with van der Waals surface area (Å²) in [6, 6.07) is 17.3. The van der Waals surface area contributed by atoms with Crippen molar-refractivity contribution in [2.45, 2.75) is 19.4 Å². The van der Waals surface area contributed by atoms with E-state index in [2.05, 4.69) is 0 Å². The first-order valence-electron chi connectivity index (χ1n) is 11.8. The van der Waals surface area contributed by atoms with Gasteiger partial charge in [-0.05, 0) is 60.5 Å². The van der Waals surface area contributed by atoms with E-state index in [0.717, 1.165) is 0 Å². The Morgan fingerprint density at radius 2 is 1.63 bits per heavy atom. The van der Waals surface area contributed by atoms with Gasteiger partial charge in [0, 0.05) is 11.3 Å². The van der Waals surface area contributed by atoms with E-state index in [-0.39, 0.29) is 22.6 Å². The highest BCUT2D eigenvalue weighted by Crippen LogP contribution is 2.43. The number of ketones is 1. The minimum absolute atomic E-state index is 0.0617. The zero-order valence-electron chi connectivity index (χ0n) is 21.1. The molecule has 3 aromatic rings. The number of benzene rings is 3. The summed E-state index contributed by atoms with van der Waals surface area (Å²) >= 11 is 6.40. The molecule has 1 amide bonds. The molecule has 1 heterocycles. The SMILES string of the molecule is CCOc1ccc(Cl)c(/C(O)=C2\C(=O)C(=O)N(c3ccc(CC(=O)OC)cc3)C2c2ccc(OC)cc2)c1. The molecule has 1 saturated heterocycles. The van der Waals surface area contributed by atoms with E-state index in [9.17, 15) is 19.5 Å². The van der Waals surface area contributed by atoms with Gasteiger partial charge < -0.3 is 19.3 Å². The number of halogens is 1. The second kappa shape index (κ2) is 11.4.